The highest BCUT2D eigenvalue weighted by atomic mass is 16.1. The number of aromatic nitrogens is 1. The van der Waals surface area contributed by atoms with Crippen LogP contribution in [0.5, 0.6) is 0 Å². The van der Waals surface area contributed by atoms with E-state index in [0.717, 1.165) is 34.8 Å². The second-order valence-corrected chi connectivity index (χ2v) is 7.48. The van der Waals surface area contributed by atoms with Crippen molar-refractivity contribution in [1.29, 1.82) is 0 Å². The molecule has 0 saturated carbocycles. The monoisotopic (exact) mass is 348 g/mol. The summed E-state index contributed by atoms with van der Waals surface area (Å²) in [6, 6.07) is 16.1. The Bertz CT molecular complexity index is 878. The lowest BCUT2D eigenvalue weighted by atomic mass is 10.1. The summed E-state index contributed by atoms with van der Waals surface area (Å²) < 4.78 is 2.34. The maximum atomic E-state index is 12.8. The molecule has 0 spiro atoms. The zero-order valence-electron chi connectivity index (χ0n) is 15.5. The average molecular weight is 348 g/mol. The molecule has 0 N–H and O–H groups in total. The number of benzene rings is 2. The van der Waals surface area contributed by atoms with Gasteiger partial charge in [0.2, 0.25) is 0 Å². The smallest absolute Gasteiger partial charge is 0.197 e. The van der Waals surface area contributed by atoms with Crippen molar-refractivity contribution >= 4 is 21.8 Å². The third kappa shape index (κ3) is 3.54. The molecule has 0 aliphatic carbocycles. The van der Waals surface area contributed by atoms with Crippen LogP contribution in [0.1, 0.15) is 38.5 Å². The molecule has 26 heavy (non-hydrogen) atoms. The van der Waals surface area contributed by atoms with Gasteiger partial charge in [0.05, 0.1) is 11.0 Å². The maximum absolute atomic E-state index is 12.8. The summed E-state index contributed by atoms with van der Waals surface area (Å²) >= 11 is 0. The minimum Gasteiger partial charge on any atom is -0.340 e. The van der Waals surface area contributed by atoms with E-state index < -0.39 is 0 Å². The Labute approximate surface area is 155 Å². The summed E-state index contributed by atoms with van der Waals surface area (Å²) in [5, 5.41) is 1.67. The van der Waals surface area contributed by atoms with Gasteiger partial charge < -0.3 is 9.47 Å². The molecule has 1 saturated heterocycles. The van der Waals surface area contributed by atoms with Crippen LogP contribution in [0.4, 0.5) is 0 Å². The molecule has 0 amide bonds. The molecule has 3 heteroatoms. The van der Waals surface area contributed by atoms with Crippen LogP contribution < -0.4 is 5.43 Å². The van der Waals surface area contributed by atoms with Crippen molar-refractivity contribution in [3.8, 4) is 0 Å². The van der Waals surface area contributed by atoms with E-state index in [1.807, 2.05) is 36.4 Å². The van der Waals surface area contributed by atoms with Gasteiger partial charge in [-0.15, -0.1) is 0 Å². The molecule has 4 rings (SSSR count). The predicted octanol–water partition coefficient (Wildman–Crippen LogP) is 4.81. The Morgan fingerprint density at radius 1 is 0.692 bits per heavy atom. The lowest BCUT2D eigenvalue weighted by Gasteiger charge is -2.16. The SMILES string of the molecule is O=c1c2ccccc2n(CCCCCCN2CCCC2)c2ccccc12. The van der Waals surface area contributed by atoms with E-state index in [4.69, 9.17) is 0 Å². The summed E-state index contributed by atoms with van der Waals surface area (Å²) in [6.07, 6.45) is 7.79. The zero-order chi connectivity index (χ0) is 17.8. The van der Waals surface area contributed by atoms with Crippen LogP contribution in [0.15, 0.2) is 53.3 Å². The maximum Gasteiger partial charge on any atom is 0.197 e. The Morgan fingerprint density at radius 3 is 1.85 bits per heavy atom. The van der Waals surface area contributed by atoms with Gasteiger partial charge in [0.1, 0.15) is 0 Å². The molecule has 3 aromatic rings. The number of unbranched alkanes of at least 4 members (excludes halogenated alkanes) is 3. The third-order valence-corrected chi connectivity index (χ3v) is 5.68. The average Bonchev–Trinajstić information content (AvgIpc) is 3.20. The van der Waals surface area contributed by atoms with Crippen LogP contribution in [0, 0.1) is 0 Å². The predicted molar refractivity (Wildman–Crippen MR) is 110 cm³/mol. The Balaban J connectivity index is 1.46. The van der Waals surface area contributed by atoms with Crippen molar-refractivity contribution in [2.75, 3.05) is 19.6 Å². The minimum atomic E-state index is 0.151. The zero-order valence-corrected chi connectivity index (χ0v) is 15.5. The summed E-state index contributed by atoms with van der Waals surface area (Å²) in [7, 11) is 0. The first-order valence-electron chi connectivity index (χ1n) is 10.1. The van der Waals surface area contributed by atoms with Crippen molar-refractivity contribution in [2.24, 2.45) is 0 Å². The van der Waals surface area contributed by atoms with E-state index in [1.165, 1.54) is 51.7 Å². The molecule has 1 aliphatic heterocycles. The first-order chi connectivity index (χ1) is 12.8. The van der Waals surface area contributed by atoms with Gasteiger partial charge >= 0.3 is 0 Å². The van der Waals surface area contributed by atoms with Crippen LogP contribution >= 0.6 is 0 Å². The Kier molecular flexibility index (Phi) is 5.35. The first kappa shape index (κ1) is 17.3. The van der Waals surface area contributed by atoms with Gasteiger partial charge in [-0.25, -0.2) is 0 Å². The quantitative estimate of drug-likeness (QED) is 0.452. The Morgan fingerprint density at radius 2 is 1.23 bits per heavy atom. The fourth-order valence-corrected chi connectivity index (χ4v) is 4.28. The summed E-state index contributed by atoms with van der Waals surface area (Å²) in [5.41, 5.74) is 2.28. The van der Waals surface area contributed by atoms with Gasteiger partial charge in [-0.05, 0) is 69.6 Å². The largest absolute Gasteiger partial charge is 0.340 e. The molecule has 2 heterocycles. The van der Waals surface area contributed by atoms with E-state index in [9.17, 15) is 4.79 Å². The van der Waals surface area contributed by atoms with E-state index in [-0.39, 0.29) is 5.43 Å². The van der Waals surface area contributed by atoms with Gasteiger partial charge in [-0.1, -0.05) is 37.1 Å². The molecule has 3 nitrogen and oxygen atoms in total. The molecular weight excluding hydrogens is 320 g/mol. The number of likely N-dealkylation sites (tertiary alicyclic amines) is 1. The highest BCUT2D eigenvalue weighted by Crippen LogP contribution is 2.20. The number of fused-ring (bicyclic) bond motifs is 2. The van der Waals surface area contributed by atoms with E-state index in [2.05, 4.69) is 21.6 Å². The van der Waals surface area contributed by atoms with Crippen LogP contribution in [0.25, 0.3) is 21.8 Å². The van der Waals surface area contributed by atoms with E-state index in [0.29, 0.717) is 0 Å². The van der Waals surface area contributed by atoms with E-state index in [1.54, 1.807) is 0 Å². The second kappa shape index (κ2) is 8.05. The van der Waals surface area contributed by atoms with Gasteiger partial charge in [0.15, 0.2) is 5.43 Å². The molecule has 0 bridgehead atoms. The highest BCUT2D eigenvalue weighted by Gasteiger charge is 2.11. The van der Waals surface area contributed by atoms with Crippen LogP contribution in [-0.2, 0) is 6.54 Å². The van der Waals surface area contributed by atoms with Crippen molar-refractivity contribution in [2.45, 2.75) is 45.1 Å². The number of nitrogens with zero attached hydrogens (tertiary/aromatic N) is 2. The molecule has 1 fully saturated rings. The molecule has 1 aliphatic rings. The van der Waals surface area contributed by atoms with Gasteiger partial charge in [0.25, 0.3) is 0 Å². The molecule has 136 valence electrons. The summed E-state index contributed by atoms with van der Waals surface area (Å²) in [6.45, 7) is 4.85. The van der Waals surface area contributed by atoms with Crippen molar-refractivity contribution < 1.29 is 0 Å². The molecule has 0 atom stereocenters. The van der Waals surface area contributed by atoms with Crippen molar-refractivity contribution in [3.63, 3.8) is 0 Å². The van der Waals surface area contributed by atoms with Crippen molar-refractivity contribution in [1.82, 2.24) is 9.47 Å². The lowest BCUT2D eigenvalue weighted by molar-refractivity contribution is 0.327. The number of hydrogen-bond donors (Lipinski definition) is 0. The first-order valence-corrected chi connectivity index (χ1v) is 10.1. The summed E-state index contributed by atoms with van der Waals surface area (Å²) in [4.78, 5) is 15.4. The number of aryl methyl sites for hydroxylation is 1. The Hall–Kier alpha value is -2.13. The lowest BCUT2D eigenvalue weighted by Crippen LogP contribution is -2.20. The normalized spacial score (nSPS) is 15.2. The number of hydrogen-bond acceptors (Lipinski definition) is 2. The molecular formula is C23H28N2O. The molecule has 0 unspecified atom stereocenters. The van der Waals surface area contributed by atoms with Crippen LogP contribution in [0.3, 0.4) is 0 Å². The van der Waals surface area contributed by atoms with Gasteiger partial charge in [-0.3, -0.25) is 4.79 Å². The fourth-order valence-electron chi connectivity index (χ4n) is 4.28. The number of para-hydroxylation sites is 2. The molecule has 1 aromatic heterocycles. The summed E-state index contributed by atoms with van der Waals surface area (Å²) in [5.74, 6) is 0. The fraction of sp³-hybridized carbons (Fsp3) is 0.435. The van der Waals surface area contributed by atoms with Crippen molar-refractivity contribution in [3.05, 3.63) is 58.8 Å². The number of rotatable bonds is 7. The molecule has 2 aromatic carbocycles. The highest BCUT2D eigenvalue weighted by molar-refractivity contribution is 5.93. The standard InChI is InChI=1S/C23H28N2O/c26-23-19-11-3-5-13-21(19)25(22-14-6-4-12-20(22)23)18-8-2-1-7-15-24-16-9-10-17-24/h3-6,11-14H,1-2,7-10,15-18H2. The topological polar surface area (TPSA) is 25.2 Å². The van der Waals surface area contributed by atoms with Crippen LogP contribution in [-0.4, -0.2) is 29.1 Å². The second-order valence-electron chi connectivity index (χ2n) is 7.48. The molecule has 0 radical (unpaired) electrons. The minimum absolute atomic E-state index is 0.151. The van der Waals surface area contributed by atoms with Gasteiger partial charge in [0, 0.05) is 17.3 Å². The number of pyridine rings is 1. The van der Waals surface area contributed by atoms with Crippen LogP contribution in [0.2, 0.25) is 0 Å². The van der Waals surface area contributed by atoms with Gasteiger partial charge in [-0.2, -0.15) is 0 Å². The third-order valence-electron chi connectivity index (χ3n) is 5.68. The van der Waals surface area contributed by atoms with E-state index >= 15 is 0 Å².